The Morgan fingerprint density at radius 3 is 3.00 bits per heavy atom. The van der Waals surface area contributed by atoms with Crippen molar-refractivity contribution in [2.45, 2.75) is 37.8 Å². The average Bonchev–Trinajstić information content (AvgIpc) is 2.72. The molecule has 0 saturated carbocycles. The summed E-state index contributed by atoms with van der Waals surface area (Å²) in [6.07, 6.45) is 4.00. The number of rotatable bonds is 3. The fourth-order valence-electron chi connectivity index (χ4n) is 1.97. The van der Waals surface area contributed by atoms with Crippen LogP contribution in [0, 0.1) is 0 Å². The van der Waals surface area contributed by atoms with Gasteiger partial charge in [0.15, 0.2) is 0 Å². The number of hydrogen-bond acceptors (Lipinski definition) is 3. The molecule has 0 amide bonds. The van der Waals surface area contributed by atoms with E-state index >= 15 is 0 Å². The molecule has 1 N–H and O–H groups in total. The summed E-state index contributed by atoms with van der Waals surface area (Å²) in [6.45, 7) is 5.91. The van der Waals surface area contributed by atoms with Crippen LogP contribution in [0.4, 0.5) is 0 Å². The Balaban J connectivity index is 1.71. The Hall–Kier alpha value is -0.120. The molecule has 2 fully saturated rings. The Kier molecular flexibility index (Phi) is 2.86. The van der Waals surface area contributed by atoms with Crippen molar-refractivity contribution >= 4 is 0 Å². The van der Waals surface area contributed by atoms with E-state index in [1.54, 1.807) is 0 Å². The quantitative estimate of drug-likeness (QED) is 0.709. The predicted molar refractivity (Wildman–Crippen MR) is 50.8 cm³/mol. The first-order valence-electron chi connectivity index (χ1n) is 5.23. The first kappa shape index (κ1) is 9.44. The molecule has 0 spiro atoms. The van der Waals surface area contributed by atoms with Gasteiger partial charge in [-0.1, -0.05) is 0 Å². The van der Waals surface area contributed by atoms with Crippen LogP contribution >= 0.6 is 0 Å². The number of hydrogen-bond donors (Lipinski definition) is 1. The first-order chi connectivity index (χ1) is 6.29. The normalized spacial score (nSPS) is 39.9. The van der Waals surface area contributed by atoms with Crippen molar-refractivity contribution in [2.75, 3.05) is 26.4 Å². The molecule has 3 heteroatoms. The molecule has 76 valence electrons. The molecule has 0 aliphatic carbocycles. The zero-order chi connectivity index (χ0) is 9.15. The molecule has 2 rings (SSSR count). The van der Waals surface area contributed by atoms with Crippen LogP contribution < -0.4 is 5.32 Å². The molecule has 2 heterocycles. The topological polar surface area (TPSA) is 30.5 Å². The maximum Gasteiger partial charge on any atom is 0.0700 e. The maximum absolute atomic E-state index is 5.55. The van der Waals surface area contributed by atoms with Gasteiger partial charge in [-0.2, -0.15) is 0 Å². The van der Waals surface area contributed by atoms with Gasteiger partial charge in [0, 0.05) is 25.3 Å². The minimum atomic E-state index is 0.200. The van der Waals surface area contributed by atoms with E-state index in [-0.39, 0.29) is 5.54 Å². The van der Waals surface area contributed by atoms with Crippen molar-refractivity contribution in [1.29, 1.82) is 0 Å². The molecule has 2 unspecified atom stereocenters. The smallest absolute Gasteiger partial charge is 0.0700 e. The largest absolute Gasteiger partial charge is 0.379 e. The van der Waals surface area contributed by atoms with Gasteiger partial charge >= 0.3 is 0 Å². The van der Waals surface area contributed by atoms with E-state index in [9.17, 15) is 0 Å². The van der Waals surface area contributed by atoms with Crippen molar-refractivity contribution < 1.29 is 9.47 Å². The number of ether oxygens (including phenoxy) is 2. The van der Waals surface area contributed by atoms with Crippen molar-refractivity contribution in [3.63, 3.8) is 0 Å². The summed E-state index contributed by atoms with van der Waals surface area (Å²) in [5, 5.41) is 3.55. The minimum Gasteiger partial charge on any atom is -0.379 e. The zero-order valence-corrected chi connectivity index (χ0v) is 8.34. The van der Waals surface area contributed by atoms with Gasteiger partial charge in [-0.3, -0.25) is 0 Å². The third kappa shape index (κ3) is 2.42. The molecule has 0 aromatic rings. The minimum absolute atomic E-state index is 0.200. The second-order valence-corrected chi connectivity index (χ2v) is 4.38. The maximum atomic E-state index is 5.55. The van der Waals surface area contributed by atoms with Crippen LogP contribution in [0.25, 0.3) is 0 Å². The molecule has 0 aromatic heterocycles. The van der Waals surface area contributed by atoms with Crippen LogP contribution in [0.5, 0.6) is 0 Å². The Morgan fingerprint density at radius 1 is 1.46 bits per heavy atom. The van der Waals surface area contributed by atoms with E-state index in [1.807, 2.05) is 0 Å². The van der Waals surface area contributed by atoms with Crippen LogP contribution in [-0.2, 0) is 9.47 Å². The lowest BCUT2D eigenvalue weighted by Gasteiger charge is -2.25. The highest BCUT2D eigenvalue weighted by Gasteiger charge is 2.30. The Labute approximate surface area is 79.8 Å². The molecule has 2 atom stereocenters. The average molecular weight is 185 g/mol. The molecule has 13 heavy (non-hydrogen) atoms. The summed E-state index contributed by atoms with van der Waals surface area (Å²) in [7, 11) is 0. The Bertz CT molecular complexity index is 160. The van der Waals surface area contributed by atoms with E-state index in [0.717, 1.165) is 32.8 Å². The third-order valence-corrected chi connectivity index (χ3v) is 3.00. The third-order valence-electron chi connectivity index (χ3n) is 3.00. The van der Waals surface area contributed by atoms with Crippen LogP contribution in [-0.4, -0.2) is 38.0 Å². The van der Waals surface area contributed by atoms with E-state index in [0.29, 0.717) is 6.10 Å². The van der Waals surface area contributed by atoms with Gasteiger partial charge in [0.1, 0.15) is 0 Å². The van der Waals surface area contributed by atoms with Gasteiger partial charge in [-0.25, -0.2) is 0 Å². The number of nitrogens with one attached hydrogen (secondary N) is 1. The van der Waals surface area contributed by atoms with Gasteiger partial charge in [-0.15, -0.1) is 0 Å². The second-order valence-electron chi connectivity index (χ2n) is 4.38. The highest BCUT2D eigenvalue weighted by atomic mass is 16.5. The van der Waals surface area contributed by atoms with Crippen LogP contribution in [0.2, 0.25) is 0 Å². The lowest BCUT2D eigenvalue weighted by Crippen LogP contribution is -2.46. The van der Waals surface area contributed by atoms with E-state index < -0.39 is 0 Å². The van der Waals surface area contributed by atoms with Crippen LogP contribution in [0.15, 0.2) is 0 Å². The molecule has 0 aromatic carbocycles. The SMILES string of the molecule is CC1(NCC2CCCO2)CCOC1. The summed E-state index contributed by atoms with van der Waals surface area (Å²) < 4.78 is 10.9. The summed E-state index contributed by atoms with van der Waals surface area (Å²) >= 11 is 0. The van der Waals surface area contributed by atoms with Gasteiger partial charge in [-0.05, 0) is 26.2 Å². The molecular formula is C10H19NO2. The monoisotopic (exact) mass is 185 g/mol. The van der Waals surface area contributed by atoms with Crippen LogP contribution in [0.1, 0.15) is 26.2 Å². The molecule has 2 aliphatic heterocycles. The van der Waals surface area contributed by atoms with Gasteiger partial charge in [0.2, 0.25) is 0 Å². The summed E-state index contributed by atoms with van der Waals surface area (Å²) in [6, 6.07) is 0. The summed E-state index contributed by atoms with van der Waals surface area (Å²) in [5.74, 6) is 0. The predicted octanol–water partition coefficient (Wildman–Crippen LogP) is 0.934. The molecule has 2 aliphatic rings. The van der Waals surface area contributed by atoms with Gasteiger partial charge in [0.05, 0.1) is 12.7 Å². The van der Waals surface area contributed by atoms with Gasteiger partial charge in [0.25, 0.3) is 0 Å². The van der Waals surface area contributed by atoms with Crippen molar-refractivity contribution in [3.05, 3.63) is 0 Å². The molecule has 0 bridgehead atoms. The van der Waals surface area contributed by atoms with Gasteiger partial charge < -0.3 is 14.8 Å². The van der Waals surface area contributed by atoms with Crippen LogP contribution in [0.3, 0.4) is 0 Å². The van der Waals surface area contributed by atoms with E-state index in [2.05, 4.69) is 12.2 Å². The summed E-state index contributed by atoms with van der Waals surface area (Å²) in [4.78, 5) is 0. The fraction of sp³-hybridized carbons (Fsp3) is 1.00. The first-order valence-corrected chi connectivity index (χ1v) is 5.23. The second kappa shape index (κ2) is 3.95. The molecular weight excluding hydrogens is 166 g/mol. The highest BCUT2D eigenvalue weighted by molar-refractivity contribution is 4.88. The molecule has 2 saturated heterocycles. The molecule has 0 radical (unpaired) electrons. The fourth-order valence-corrected chi connectivity index (χ4v) is 1.97. The Morgan fingerprint density at radius 2 is 2.38 bits per heavy atom. The van der Waals surface area contributed by atoms with Crippen molar-refractivity contribution in [3.8, 4) is 0 Å². The van der Waals surface area contributed by atoms with Crippen molar-refractivity contribution in [1.82, 2.24) is 5.32 Å². The lowest BCUT2D eigenvalue weighted by molar-refractivity contribution is 0.0983. The van der Waals surface area contributed by atoms with Crippen molar-refractivity contribution in [2.24, 2.45) is 0 Å². The molecule has 3 nitrogen and oxygen atoms in total. The lowest BCUT2D eigenvalue weighted by atomic mass is 10.0. The highest BCUT2D eigenvalue weighted by Crippen LogP contribution is 2.18. The van der Waals surface area contributed by atoms with E-state index in [4.69, 9.17) is 9.47 Å². The zero-order valence-electron chi connectivity index (χ0n) is 8.34. The van der Waals surface area contributed by atoms with E-state index in [1.165, 1.54) is 12.8 Å². The standard InChI is InChI=1S/C10H19NO2/c1-10(4-6-12-8-10)11-7-9-3-2-5-13-9/h9,11H,2-8H2,1H3. The summed E-state index contributed by atoms with van der Waals surface area (Å²) in [5.41, 5.74) is 0.200.